The Bertz CT molecular complexity index is 491. The maximum atomic E-state index is 5.33. The molecule has 0 aliphatic carbocycles. The Kier molecular flexibility index (Phi) is 12.5. The van der Waals surface area contributed by atoms with E-state index in [-0.39, 0.29) is 24.0 Å². The predicted molar refractivity (Wildman–Crippen MR) is 112 cm³/mol. The lowest BCUT2D eigenvalue weighted by atomic mass is 10.0. The van der Waals surface area contributed by atoms with Gasteiger partial charge in [-0.15, -0.1) is 24.0 Å². The minimum absolute atomic E-state index is 0. The number of benzene rings is 1. The highest BCUT2D eigenvalue weighted by atomic mass is 127. The summed E-state index contributed by atoms with van der Waals surface area (Å²) in [5, 5.41) is 6.72. The van der Waals surface area contributed by atoms with Crippen molar-refractivity contribution in [2.75, 3.05) is 27.3 Å². The number of methoxy groups -OCH3 is 2. The lowest BCUT2D eigenvalue weighted by Gasteiger charge is -2.16. The normalized spacial score (nSPS) is 11.0. The van der Waals surface area contributed by atoms with Crippen LogP contribution in [0.2, 0.25) is 0 Å². The monoisotopic (exact) mass is 449 g/mol. The van der Waals surface area contributed by atoms with Crippen LogP contribution in [0.3, 0.4) is 0 Å². The molecule has 1 aromatic carbocycles. The summed E-state index contributed by atoms with van der Waals surface area (Å²) >= 11 is 0. The van der Waals surface area contributed by atoms with E-state index in [0.717, 1.165) is 36.1 Å². The number of nitrogens with one attached hydrogen (secondary N) is 2. The number of halogens is 1. The molecule has 0 aromatic heterocycles. The Balaban J connectivity index is 0.00000529. The van der Waals surface area contributed by atoms with Crippen molar-refractivity contribution in [2.24, 2.45) is 10.9 Å². The summed E-state index contributed by atoms with van der Waals surface area (Å²) in [4.78, 5) is 4.65. The summed E-state index contributed by atoms with van der Waals surface area (Å²) < 4.78 is 10.6. The number of hydrogen-bond acceptors (Lipinski definition) is 3. The molecule has 138 valence electrons. The number of ether oxygens (including phenoxy) is 2. The van der Waals surface area contributed by atoms with Gasteiger partial charge in [-0.3, -0.25) is 0 Å². The standard InChI is InChI=1S/C18H31N3O2.HI/c1-6-14(7-2)12-20-18(19-8-3)21-13-15-9-10-16(22-4)17(11-15)23-5;/h9-11,14H,6-8,12-13H2,1-5H3,(H2,19,20,21);1H. The van der Waals surface area contributed by atoms with Gasteiger partial charge in [0.15, 0.2) is 17.5 Å². The van der Waals surface area contributed by atoms with Gasteiger partial charge in [-0.25, -0.2) is 4.99 Å². The molecule has 0 atom stereocenters. The molecule has 0 bridgehead atoms. The third kappa shape index (κ3) is 7.59. The van der Waals surface area contributed by atoms with Gasteiger partial charge in [0.05, 0.1) is 20.8 Å². The lowest BCUT2D eigenvalue weighted by molar-refractivity contribution is 0.354. The molecule has 0 saturated carbocycles. The van der Waals surface area contributed by atoms with Gasteiger partial charge in [0.2, 0.25) is 0 Å². The molecule has 0 aliphatic heterocycles. The summed E-state index contributed by atoms with van der Waals surface area (Å²) in [6.07, 6.45) is 2.36. The van der Waals surface area contributed by atoms with Crippen LogP contribution in [-0.4, -0.2) is 33.3 Å². The van der Waals surface area contributed by atoms with Gasteiger partial charge in [-0.1, -0.05) is 32.8 Å². The number of hydrogen-bond donors (Lipinski definition) is 2. The van der Waals surface area contributed by atoms with Crippen molar-refractivity contribution in [3.8, 4) is 11.5 Å². The van der Waals surface area contributed by atoms with E-state index in [2.05, 4.69) is 36.4 Å². The highest BCUT2D eigenvalue weighted by Gasteiger charge is 2.06. The molecule has 0 unspecified atom stereocenters. The summed E-state index contributed by atoms with van der Waals surface area (Å²) in [5.41, 5.74) is 1.09. The number of aliphatic imine (C=N–C) groups is 1. The molecule has 0 heterocycles. The van der Waals surface area contributed by atoms with E-state index in [0.29, 0.717) is 12.5 Å². The first kappa shape index (κ1) is 22.8. The van der Waals surface area contributed by atoms with Crippen LogP contribution < -0.4 is 20.1 Å². The number of rotatable bonds is 9. The van der Waals surface area contributed by atoms with E-state index in [9.17, 15) is 0 Å². The predicted octanol–water partition coefficient (Wildman–Crippen LogP) is 3.81. The van der Waals surface area contributed by atoms with Crippen LogP contribution in [0.15, 0.2) is 23.2 Å². The van der Waals surface area contributed by atoms with E-state index in [1.54, 1.807) is 14.2 Å². The van der Waals surface area contributed by atoms with Gasteiger partial charge in [0, 0.05) is 13.1 Å². The van der Waals surface area contributed by atoms with Gasteiger partial charge >= 0.3 is 0 Å². The van der Waals surface area contributed by atoms with Crippen LogP contribution in [-0.2, 0) is 6.54 Å². The summed E-state index contributed by atoms with van der Waals surface area (Å²) in [6.45, 7) is 8.92. The van der Waals surface area contributed by atoms with Crippen LogP contribution in [0.25, 0.3) is 0 Å². The quantitative estimate of drug-likeness (QED) is 0.342. The van der Waals surface area contributed by atoms with Gasteiger partial charge in [0.25, 0.3) is 0 Å². The first-order chi connectivity index (χ1) is 11.2. The fourth-order valence-electron chi connectivity index (χ4n) is 2.31. The van der Waals surface area contributed by atoms with Gasteiger partial charge in [-0.05, 0) is 30.5 Å². The second-order valence-electron chi connectivity index (χ2n) is 5.45. The Hall–Kier alpha value is -1.18. The SMILES string of the molecule is CCNC(=NCc1ccc(OC)c(OC)c1)NCC(CC)CC.I. The minimum Gasteiger partial charge on any atom is -0.493 e. The summed E-state index contributed by atoms with van der Waals surface area (Å²) in [6, 6.07) is 5.89. The second kappa shape index (κ2) is 13.1. The highest BCUT2D eigenvalue weighted by molar-refractivity contribution is 14.0. The van der Waals surface area contributed by atoms with Crippen molar-refractivity contribution in [3.63, 3.8) is 0 Å². The molecule has 1 aromatic rings. The van der Waals surface area contributed by atoms with Crippen molar-refractivity contribution in [1.29, 1.82) is 0 Å². The third-order valence-corrected chi connectivity index (χ3v) is 3.92. The molecule has 6 heteroatoms. The summed E-state index contributed by atoms with van der Waals surface area (Å²) in [5.74, 6) is 3.00. The molecule has 5 nitrogen and oxygen atoms in total. The molecular weight excluding hydrogens is 417 g/mol. The Morgan fingerprint density at radius 2 is 1.71 bits per heavy atom. The van der Waals surface area contributed by atoms with Crippen molar-refractivity contribution in [1.82, 2.24) is 10.6 Å². The average molecular weight is 449 g/mol. The van der Waals surface area contributed by atoms with E-state index in [1.165, 1.54) is 12.8 Å². The van der Waals surface area contributed by atoms with Crippen LogP contribution in [0.4, 0.5) is 0 Å². The van der Waals surface area contributed by atoms with Gasteiger partial charge in [-0.2, -0.15) is 0 Å². The molecule has 0 aliphatic rings. The maximum Gasteiger partial charge on any atom is 0.191 e. The van der Waals surface area contributed by atoms with E-state index >= 15 is 0 Å². The smallest absolute Gasteiger partial charge is 0.191 e. The maximum absolute atomic E-state index is 5.33. The van der Waals surface area contributed by atoms with Gasteiger partial charge < -0.3 is 20.1 Å². The summed E-state index contributed by atoms with van der Waals surface area (Å²) in [7, 11) is 3.28. The zero-order valence-corrected chi connectivity index (χ0v) is 17.8. The molecule has 0 fully saturated rings. The van der Waals surface area contributed by atoms with Gasteiger partial charge in [0.1, 0.15) is 0 Å². The van der Waals surface area contributed by atoms with Crippen molar-refractivity contribution >= 4 is 29.9 Å². The fraction of sp³-hybridized carbons (Fsp3) is 0.611. The zero-order valence-electron chi connectivity index (χ0n) is 15.5. The largest absolute Gasteiger partial charge is 0.493 e. The van der Waals surface area contributed by atoms with Crippen LogP contribution in [0.1, 0.15) is 39.2 Å². The zero-order chi connectivity index (χ0) is 17.1. The number of nitrogens with zero attached hydrogens (tertiary/aromatic N) is 1. The molecule has 2 N–H and O–H groups in total. The molecule has 0 spiro atoms. The second-order valence-corrected chi connectivity index (χ2v) is 5.45. The lowest BCUT2D eigenvalue weighted by Crippen LogP contribution is -2.39. The molecule has 0 radical (unpaired) electrons. The minimum atomic E-state index is 0. The third-order valence-electron chi connectivity index (χ3n) is 3.92. The fourth-order valence-corrected chi connectivity index (χ4v) is 2.31. The average Bonchev–Trinajstić information content (AvgIpc) is 2.59. The van der Waals surface area contributed by atoms with E-state index in [1.807, 2.05) is 18.2 Å². The van der Waals surface area contributed by atoms with Crippen molar-refractivity contribution in [2.45, 2.75) is 40.2 Å². The van der Waals surface area contributed by atoms with E-state index in [4.69, 9.17) is 9.47 Å². The molecule has 0 amide bonds. The first-order valence-electron chi connectivity index (χ1n) is 8.41. The van der Waals surface area contributed by atoms with E-state index < -0.39 is 0 Å². The number of guanidine groups is 1. The molecule has 1 rings (SSSR count). The van der Waals surface area contributed by atoms with Crippen LogP contribution in [0, 0.1) is 5.92 Å². The van der Waals surface area contributed by atoms with Crippen LogP contribution in [0.5, 0.6) is 11.5 Å². The molecule has 24 heavy (non-hydrogen) atoms. The van der Waals surface area contributed by atoms with Crippen LogP contribution >= 0.6 is 24.0 Å². The Morgan fingerprint density at radius 1 is 1.04 bits per heavy atom. The topological polar surface area (TPSA) is 54.9 Å². The highest BCUT2D eigenvalue weighted by Crippen LogP contribution is 2.27. The van der Waals surface area contributed by atoms with Crippen molar-refractivity contribution in [3.05, 3.63) is 23.8 Å². The Morgan fingerprint density at radius 3 is 2.25 bits per heavy atom. The Labute approximate surface area is 163 Å². The molecular formula is C18H32IN3O2. The first-order valence-corrected chi connectivity index (χ1v) is 8.41. The molecule has 0 saturated heterocycles. The van der Waals surface area contributed by atoms with Crippen molar-refractivity contribution < 1.29 is 9.47 Å².